The third kappa shape index (κ3) is 2.90. The van der Waals surface area contributed by atoms with Crippen molar-refractivity contribution in [1.29, 1.82) is 5.26 Å². The Bertz CT molecular complexity index is 612. The molecule has 1 fully saturated rings. The third-order valence-corrected chi connectivity index (χ3v) is 3.83. The monoisotopic (exact) mass is 317 g/mol. The van der Waals surface area contributed by atoms with Gasteiger partial charge in [-0.2, -0.15) is 18.4 Å². The number of anilines is 1. The summed E-state index contributed by atoms with van der Waals surface area (Å²) in [5, 5.41) is 9.22. The Morgan fingerprint density at radius 3 is 2.57 bits per heavy atom. The van der Waals surface area contributed by atoms with Gasteiger partial charge in [0.1, 0.15) is 6.07 Å². The lowest BCUT2D eigenvalue weighted by atomic mass is 9.95. The molecule has 1 aliphatic heterocycles. The van der Waals surface area contributed by atoms with Crippen molar-refractivity contribution in [2.24, 2.45) is 17.6 Å². The maximum atomic E-state index is 13.0. The number of para-hydroxylation sites is 1. The van der Waals surface area contributed by atoms with Gasteiger partial charge in [-0.25, -0.2) is 0 Å². The van der Waals surface area contributed by atoms with Crippen molar-refractivity contribution < 1.29 is 18.0 Å². The largest absolute Gasteiger partial charge is 0.394 e. The molecule has 1 saturated heterocycles. The van der Waals surface area contributed by atoms with E-state index in [1.54, 1.807) is 0 Å². The van der Waals surface area contributed by atoms with Gasteiger partial charge >= 0.3 is 6.18 Å². The minimum absolute atomic E-state index is 0.161. The number of nitriles is 1. The number of nitrogens with zero attached hydrogens (tertiary/aromatic N) is 2. The lowest BCUT2D eigenvalue weighted by molar-refractivity contribution is -0.181. The van der Waals surface area contributed by atoms with E-state index < -0.39 is 30.5 Å². The lowest BCUT2D eigenvalue weighted by Gasteiger charge is -2.21. The van der Waals surface area contributed by atoms with Gasteiger partial charge in [0.2, 0.25) is 5.91 Å². The van der Waals surface area contributed by atoms with Crippen LogP contribution in [0.25, 0.3) is 0 Å². The highest BCUT2D eigenvalue weighted by Crippen LogP contribution is 2.41. The van der Waals surface area contributed by atoms with Crippen LogP contribution < -0.4 is 10.6 Å². The van der Waals surface area contributed by atoms with E-state index in [0.717, 1.165) is 0 Å². The van der Waals surface area contributed by atoms with Gasteiger partial charge in [0.25, 0.3) is 0 Å². The molecule has 0 spiro atoms. The summed E-state index contributed by atoms with van der Waals surface area (Å²) in [6, 6.07) is 6.37. The Kier molecular flexibility index (Phi) is 4.01. The van der Waals surface area contributed by atoms with Crippen LogP contribution in [0.3, 0.4) is 0 Å². The van der Waals surface area contributed by atoms with Gasteiger partial charge in [0.05, 0.1) is 28.1 Å². The molecule has 0 aromatic heterocycles. The predicted octanol–water partition coefficient (Wildman–Crippen LogP) is 2.31. The van der Waals surface area contributed by atoms with Gasteiger partial charge < -0.3 is 10.6 Å². The molecule has 8 heteroatoms. The number of benzene rings is 1. The molecular weight excluding hydrogens is 307 g/mol. The molecule has 1 heterocycles. The standard InChI is InChI=1S/C13H11ClF3N3O/c14-10-3-1-2-7(4-18)11(10)20-5-8(12(19)21)9(6-20)13(15,16)17/h1-3,8-9H,5-6H2,(H2,19,21)/t8-,9-/m1/s1. The Morgan fingerprint density at radius 2 is 2.10 bits per heavy atom. The zero-order chi connectivity index (χ0) is 15.8. The number of alkyl halides is 3. The first-order valence-corrected chi connectivity index (χ1v) is 6.43. The lowest BCUT2D eigenvalue weighted by Crippen LogP contribution is -2.37. The number of carbonyl (C=O) groups is 1. The Balaban J connectivity index is 2.41. The average Bonchev–Trinajstić information content (AvgIpc) is 2.83. The summed E-state index contributed by atoms with van der Waals surface area (Å²) < 4.78 is 39.0. The number of carbonyl (C=O) groups excluding carboxylic acids is 1. The van der Waals surface area contributed by atoms with E-state index in [4.69, 9.17) is 22.6 Å². The number of amides is 1. The fourth-order valence-electron chi connectivity index (χ4n) is 2.53. The smallest absolute Gasteiger partial charge is 0.369 e. The number of halogens is 4. The molecule has 4 nitrogen and oxygen atoms in total. The van der Waals surface area contributed by atoms with Crippen LogP contribution in [0, 0.1) is 23.2 Å². The number of rotatable bonds is 2. The van der Waals surface area contributed by atoms with E-state index in [0.29, 0.717) is 0 Å². The fraction of sp³-hybridized carbons (Fsp3) is 0.385. The number of hydrogen-bond donors (Lipinski definition) is 1. The molecule has 1 amide bonds. The van der Waals surface area contributed by atoms with Crippen LogP contribution in [0.5, 0.6) is 0 Å². The molecule has 0 radical (unpaired) electrons. The van der Waals surface area contributed by atoms with Crippen molar-refractivity contribution in [2.75, 3.05) is 18.0 Å². The summed E-state index contributed by atoms with van der Waals surface area (Å²) in [4.78, 5) is 12.6. The molecule has 2 rings (SSSR count). The normalized spacial score (nSPS) is 22.1. The Labute approximate surface area is 123 Å². The van der Waals surface area contributed by atoms with Crippen molar-refractivity contribution in [3.05, 3.63) is 28.8 Å². The molecule has 0 unspecified atom stereocenters. The molecule has 2 atom stereocenters. The molecule has 0 bridgehead atoms. The summed E-state index contributed by atoms with van der Waals surface area (Å²) in [7, 11) is 0. The second kappa shape index (κ2) is 5.45. The first kappa shape index (κ1) is 15.4. The van der Waals surface area contributed by atoms with Crippen molar-refractivity contribution in [3.63, 3.8) is 0 Å². The Morgan fingerprint density at radius 1 is 1.43 bits per heavy atom. The molecule has 0 aliphatic carbocycles. The molecule has 0 saturated carbocycles. The van der Waals surface area contributed by atoms with Crippen molar-refractivity contribution in [2.45, 2.75) is 6.18 Å². The van der Waals surface area contributed by atoms with Crippen LogP contribution in [0.4, 0.5) is 18.9 Å². The quantitative estimate of drug-likeness (QED) is 0.910. The van der Waals surface area contributed by atoms with Gasteiger partial charge in [0.15, 0.2) is 0 Å². The number of nitrogens with two attached hydrogens (primary N) is 1. The van der Waals surface area contributed by atoms with E-state index in [-0.39, 0.29) is 22.8 Å². The number of primary amides is 1. The Hall–Kier alpha value is -1.94. The first-order valence-electron chi connectivity index (χ1n) is 6.05. The van der Waals surface area contributed by atoms with Crippen molar-refractivity contribution >= 4 is 23.2 Å². The molecule has 1 aliphatic rings. The van der Waals surface area contributed by atoms with Crippen LogP contribution in [-0.4, -0.2) is 25.2 Å². The van der Waals surface area contributed by atoms with Gasteiger partial charge in [-0.1, -0.05) is 17.7 Å². The summed E-state index contributed by atoms with van der Waals surface area (Å²) in [6.07, 6.45) is -4.54. The van der Waals surface area contributed by atoms with E-state index in [2.05, 4.69) is 0 Å². The fourth-order valence-corrected chi connectivity index (χ4v) is 2.83. The molecule has 2 N–H and O–H groups in total. The minimum Gasteiger partial charge on any atom is -0.369 e. The second-order valence-electron chi connectivity index (χ2n) is 4.81. The predicted molar refractivity (Wildman–Crippen MR) is 70.6 cm³/mol. The van der Waals surface area contributed by atoms with Gasteiger partial charge in [0, 0.05) is 13.1 Å². The topological polar surface area (TPSA) is 70.1 Å². The van der Waals surface area contributed by atoms with E-state index in [9.17, 15) is 18.0 Å². The van der Waals surface area contributed by atoms with Crippen LogP contribution >= 0.6 is 11.6 Å². The van der Waals surface area contributed by atoms with E-state index in [1.807, 2.05) is 6.07 Å². The van der Waals surface area contributed by atoms with Gasteiger partial charge in [-0.05, 0) is 12.1 Å². The summed E-state index contributed by atoms with van der Waals surface area (Å²) in [6.45, 7) is -0.659. The first-order chi connectivity index (χ1) is 9.75. The minimum atomic E-state index is -4.54. The highest BCUT2D eigenvalue weighted by molar-refractivity contribution is 6.33. The molecular formula is C13H11ClF3N3O. The molecule has 112 valence electrons. The van der Waals surface area contributed by atoms with E-state index in [1.165, 1.54) is 23.1 Å². The zero-order valence-corrected chi connectivity index (χ0v) is 11.4. The highest BCUT2D eigenvalue weighted by atomic mass is 35.5. The second-order valence-corrected chi connectivity index (χ2v) is 5.22. The van der Waals surface area contributed by atoms with E-state index >= 15 is 0 Å². The van der Waals surface area contributed by atoms with Crippen molar-refractivity contribution in [1.82, 2.24) is 0 Å². The van der Waals surface area contributed by atoms with Crippen LogP contribution in [0.1, 0.15) is 5.56 Å². The molecule has 1 aromatic rings. The van der Waals surface area contributed by atoms with Crippen LogP contribution in [0.15, 0.2) is 18.2 Å². The van der Waals surface area contributed by atoms with Gasteiger partial charge in [-0.3, -0.25) is 4.79 Å². The summed E-state index contributed by atoms with van der Waals surface area (Å²) in [5.41, 5.74) is 5.44. The summed E-state index contributed by atoms with van der Waals surface area (Å²) >= 11 is 5.99. The third-order valence-electron chi connectivity index (χ3n) is 3.53. The number of hydrogen-bond acceptors (Lipinski definition) is 3. The highest BCUT2D eigenvalue weighted by Gasteiger charge is 2.52. The maximum absolute atomic E-state index is 13.0. The van der Waals surface area contributed by atoms with Crippen molar-refractivity contribution in [3.8, 4) is 6.07 Å². The average molecular weight is 318 g/mol. The summed E-state index contributed by atoms with van der Waals surface area (Å²) in [5.74, 6) is -4.23. The van der Waals surface area contributed by atoms with Crippen LogP contribution in [-0.2, 0) is 4.79 Å². The SMILES string of the molecule is N#Cc1cccc(Cl)c1N1C[C@@H](C(F)(F)F)[C@H](C(N)=O)C1. The van der Waals surface area contributed by atoms with Gasteiger partial charge in [-0.15, -0.1) is 0 Å². The van der Waals surface area contributed by atoms with Crippen LogP contribution in [0.2, 0.25) is 5.02 Å². The zero-order valence-electron chi connectivity index (χ0n) is 10.7. The molecule has 21 heavy (non-hydrogen) atoms. The maximum Gasteiger partial charge on any atom is 0.394 e. The molecule has 1 aromatic carbocycles.